The SMILES string of the molecule is CCSc1ccccc1C(=O)N1CCN(c2nc3cc(C)cc(C)c3s2)CC1. The number of aromatic nitrogens is 1. The third-order valence-corrected chi connectivity index (χ3v) is 7.29. The fourth-order valence-corrected chi connectivity index (χ4v) is 5.56. The lowest BCUT2D eigenvalue weighted by Crippen LogP contribution is -2.48. The Labute approximate surface area is 174 Å². The Morgan fingerprint density at radius 1 is 1.14 bits per heavy atom. The van der Waals surface area contributed by atoms with Gasteiger partial charge in [-0.3, -0.25) is 4.79 Å². The zero-order valence-corrected chi connectivity index (χ0v) is 18.2. The number of piperazine rings is 1. The maximum atomic E-state index is 13.0. The van der Waals surface area contributed by atoms with Gasteiger partial charge in [0.15, 0.2) is 5.13 Å². The van der Waals surface area contributed by atoms with Gasteiger partial charge in [0.1, 0.15) is 0 Å². The molecule has 1 saturated heterocycles. The lowest BCUT2D eigenvalue weighted by Gasteiger charge is -2.34. The summed E-state index contributed by atoms with van der Waals surface area (Å²) in [7, 11) is 0. The number of amides is 1. The number of fused-ring (bicyclic) bond motifs is 1. The number of thiazole rings is 1. The van der Waals surface area contributed by atoms with Gasteiger partial charge >= 0.3 is 0 Å². The highest BCUT2D eigenvalue weighted by Gasteiger charge is 2.25. The Kier molecular flexibility index (Phi) is 5.60. The average Bonchev–Trinajstić information content (AvgIpc) is 3.13. The number of carbonyl (C=O) groups excluding carboxylic acids is 1. The summed E-state index contributed by atoms with van der Waals surface area (Å²) >= 11 is 3.49. The van der Waals surface area contributed by atoms with E-state index in [9.17, 15) is 4.79 Å². The normalized spacial score (nSPS) is 14.7. The van der Waals surface area contributed by atoms with Crippen LogP contribution in [0.15, 0.2) is 41.3 Å². The van der Waals surface area contributed by atoms with Gasteiger partial charge in [0.25, 0.3) is 5.91 Å². The van der Waals surface area contributed by atoms with Crippen molar-refractivity contribution in [2.24, 2.45) is 0 Å². The molecule has 0 atom stereocenters. The second-order valence-electron chi connectivity index (χ2n) is 7.13. The summed E-state index contributed by atoms with van der Waals surface area (Å²) in [5.41, 5.74) is 4.45. The Balaban J connectivity index is 1.48. The van der Waals surface area contributed by atoms with Crippen molar-refractivity contribution < 1.29 is 4.79 Å². The van der Waals surface area contributed by atoms with Gasteiger partial charge in [-0.2, -0.15) is 0 Å². The summed E-state index contributed by atoms with van der Waals surface area (Å²) < 4.78 is 1.27. The van der Waals surface area contributed by atoms with Gasteiger partial charge < -0.3 is 9.80 Å². The molecule has 3 aromatic rings. The number of nitrogens with zero attached hydrogens (tertiary/aromatic N) is 3. The molecule has 0 radical (unpaired) electrons. The molecule has 0 saturated carbocycles. The van der Waals surface area contributed by atoms with E-state index in [4.69, 9.17) is 4.98 Å². The van der Waals surface area contributed by atoms with E-state index in [1.807, 2.05) is 29.2 Å². The van der Waals surface area contributed by atoms with Crippen LogP contribution in [0.1, 0.15) is 28.4 Å². The Bertz CT molecular complexity index is 1010. The second-order valence-corrected chi connectivity index (χ2v) is 9.42. The smallest absolute Gasteiger partial charge is 0.255 e. The minimum absolute atomic E-state index is 0.145. The maximum Gasteiger partial charge on any atom is 0.255 e. The molecule has 2 aromatic carbocycles. The second kappa shape index (κ2) is 8.13. The molecular weight excluding hydrogens is 386 g/mol. The summed E-state index contributed by atoms with van der Waals surface area (Å²) in [5.74, 6) is 1.11. The van der Waals surface area contributed by atoms with E-state index in [2.05, 4.69) is 37.8 Å². The molecule has 0 spiro atoms. The van der Waals surface area contributed by atoms with E-state index in [1.165, 1.54) is 15.8 Å². The zero-order valence-electron chi connectivity index (χ0n) is 16.6. The molecule has 4 rings (SSSR count). The molecule has 0 unspecified atom stereocenters. The summed E-state index contributed by atoms with van der Waals surface area (Å²) in [6.07, 6.45) is 0. The molecule has 1 aromatic heterocycles. The first-order chi connectivity index (χ1) is 13.6. The quantitative estimate of drug-likeness (QED) is 0.567. The summed E-state index contributed by atoms with van der Waals surface area (Å²) in [6.45, 7) is 9.51. The predicted molar refractivity (Wildman–Crippen MR) is 120 cm³/mol. The minimum atomic E-state index is 0.145. The number of thioether (sulfide) groups is 1. The van der Waals surface area contributed by atoms with Crippen LogP contribution in [0.4, 0.5) is 5.13 Å². The molecule has 0 bridgehead atoms. The van der Waals surface area contributed by atoms with Crippen LogP contribution in [-0.2, 0) is 0 Å². The van der Waals surface area contributed by atoms with Crippen LogP contribution in [0.5, 0.6) is 0 Å². The van der Waals surface area contributed by atoms with E-state index in [1.54, 1.807) is 23.1 Å². The van der Waals surface area contributed by atoms with Crippen LogP contribution in [0, 0.1) is 13.8 Å². The molecule has 0 N–H and O–H groups in total. The van der Waals surface area contributed by atoms with Gasteiger partial charge in [-0.15, -0.1) is 11.8 Å². The number of hydrogen-bond acceptors (Lipinski definition) is 5. The number of aryl methyl sites for hydroxylation is 2. The van der Waals surface area contributed by atoms with Gasteiger partial charge in [0.2, 0.25) is 0 Å². The summed E-state index contributed by atoms with van der Waals surface area (Å²) in [5, 5.41) is 1.07. The fourth-order valence-electron chi connectivity index (χ4n) is 3.70. The summed E-state index contributed by atoms with van der Waals surface area (Å²) in [6, 6.07) is 12.3. The highest BCUT2D eigenvalue weighted by Crippen LogP contribution is 2.32. The Hall–Kier alpha value is -2.05. The van der Waals surface area contributed by atoms with Crippen LogP contribution in [-0.4, -0.2) is 47.7 Å². The molecule has 6 heteroatoms. The van der Waals surface area contributed by atoms with E-state index < -0.39 is 0 Å². The first-order valence-electron chi connectivity index (χ1n) is 9.70. The van der Waals surface area contributed by atoms with Crippen LogP contribution in [0.2, 0.25) is 0 Å². The van der Waals surface area contributed by atoms with Gasteiger partial charge in [-0.25, -0.2) is 4.98 Å². The molecule has 0 aliphatic carbocycles. The topological polar surface area (TPSA) is 36.4 Å². The van der Waals surface area contributed by atoms with Crippen LogP contribution < -0.4 is 4.90 Å². The molecule has 28 heavy (non-hydrogen) atoms. The van der Waals surface area contributed by atoms with Crippen molar-refractivity contribution in [2.75, 3.05) is 36.8 Å². The number of benzene rings is 2. The molecular formula is C22H25N3OS2. The van der Waals surface area contributed by atoms with Gasteiger partial charge in [0.05, 0.1) is 15.8 Å². The van der Waals surface area contributed by atoms with Crippen LogP contribution in [0.25, 0.3) is 10.2 Å². The third kappa shape index (κ3) is 3.76. The zero-order chi connectivity index (χ0) is 19.7. The van der Waals surface area contributed by atoms with Crippen molar-refractivity contribution >= 4 is 44.4 Å². The average molecular weight is 412 g/mol. The molecule has 1 aliphatic rings. The highest BCUT2D eigenvalue weighted by atomic mass is 32.2. The first kappa shape index (κ1) is 19.3. The molecule has 4 nitrogen and oxygen atoms in total. The summed E-state index contributed by atoms with van der Waals surface area (Å²) in [4.78, 5) is 23.3. The molecule has 146 valence electrons. The van der Waals surface area contributed by atoms with Crippen LogP contribution in [0.3, 0.4) is 0 Å². The third-order valence-electron chi connectivity index (χ3n) is 5.06. The molecule has 1 amide bonds. The fraction of sp³-hybridized carbons (Fsp3) is 0.364. The highest BCUT2D eigenvalue weighted by molar-refractivity contribution is 7.99. The van der Waals surface area contributed by atoms with E-state index in [0.717, 1.165) is 53.0 Å². The van der Waals surface area contributed by atoms with Crippen LogP contribution >= 0.6 is 23.1 Å². The maximum absolute atomic E-state index is 13.0. The largest absolute Gasteiger partial charge is 0.345 e. The van der Waals surface area contributed by atoms with Gasteiger partial charge in [0, 0.05) is 31.1 Å². The first-order valence-corrected chi connectivity index (χ1v) is 11.5. The van der Waals surface area contributed by atoms with Crippen molar-refractivity contribution in [3.05, 3.63) is 53.1 Å². The Morgan fingerprint density at radius 3 is 2.64 bits per heavy atom. The van der Waals surface area contributed by atoms with Crippen molar-refractivity contribution in [3.63, 3.8) is 0 Å². The van der Waals surface area contributed by atoms with E-state index >= 15 is 0 Å². The lowest BCUT2D eigenvalue weighted by molar-refractivity contribution is 0.0743. The minimum Gasteiger partial charge on any atom is -0.345 e. The van der Waals surface area contributed by atoms with Crippen molar-refractivity contribution in [2.45, 2.75) is 25.7 Å². The standard InChI is InChI=1S/C22H25N3OS2/c1-4-27-19-8-6-5-7-17(19)21(26)24-9-11-25(12-10-24)22-23-18-14-15(2)13-16(3)20(18)28-22/h5-8,13-14H,4,9-12H2,1-3H3. The lowest BCUT2D eigenvalue weighted by atomic mass is 10.1. The van der Waals surface area contributed by atoms with Gasteiger partial charge in [-0.05, 0) is 48.9 Å². The molecule has 1 fully saturated rings. The van der Waals surface area contributed by atoms with Crippen molar-refractivity contribution in [1.29, 1.82) is 0 Å². The number of hydrogen-bond donors (Lipinski definition) is 0. The molecule has 2 heterocycles. The number of anilines is 1. The van der Waals surface area contributed by atoms with E-state index in [-0.39, 0.29) is 5.91 Å². The van der Waals surface area contributed by atoms with Crippen molar-refractivity contribution in [3.8, 4) is 0 Å². The molecule has 1 aliphatic heterocycles. The monoisotopic (exact) mass is 411 g/mol. The van der Waals surface area contributed by atoms with E-state index in [0.29, 0.717) is 0 Å². The number of rotatable bonds is 4. The number of carbonyl (C=O) groups is 1. The Morgan fingerprint density at radius 2 is 1.89 bits per heavy atom. The predicted octanol–water partition coefficient (Wildman–Crippen LogP) is 4.99. The van der Waals surface area contributed by atoms with Crippen molar-refractivity contribution in [1.82, 2.24) is 9.88 Å². The van der Waals surface area contributed by atoms with Gasteiger partial charge in [-0.1, -0.05) is 36.5 Å².